The molecule has 4 aliphatic rings. The van der Waals surface area contributed by atoms with E-state index in [4.69, 9.17) is 18.9 Å². The van der Waals surface area contributed by atoms with Crippen LogP contribution in [0.2, 0.25) is 0 Å². The Hall–Kier alpha value is -1.18. The van der Waals surface area contributed by atoms with Crippen LogP contribution in [0.15, 0.2) is 0 Å². The topological polar surface area (TPSA) is 84.5 Å². The fourth-order valence-corrected chi connectivity index (χ4v) is 5.96. The van der Waals surface area contributed by atoms with Crippen molar-refractivity contribution in [2.24, 2.45) is 11.8 Å². The van der Waals surface area contributed by atoms with Gasteiger partial charge in [-0.25, -0.2) is 0 Å². The summed E-state index contributed by atoms with van der Waals surface area (Å²) in [6.07, 6.45) is 12.4. The average Bonchev–Trinajstić information content (AvgIpc) is 3.37. The molecule has 6 nitrogen and oxygen atoms in total. The zero-order chi connectivity index (χ0) is 20.8. The number of fused-ring (bicyclic) bond motifs is 1. The maximum absolute atomic E-state index is 9.31. The molecule has 0 aromatic carbocycles. The van der Waals surface area contributed by atoms with Crippen LogP contribution >= 0.6 is 0 Å². The lowest BCUT2D eigenvalue weighted by molar-refractivity contribution is -0.106. The predicted octanol–water partition coefficient (Wildman–Crippen LogP) is 4.28. The van der Waals surface area contributed by atoms with Gasteiger partial charge in [0.2, 0.25) is 0 Å². The first-order valence-corrected chi connectivity index (χ1v) is 12.1. The third-order valence-electron chi connectivity index (χ3n) is 7.60. The first-order valence-electron chi connectivity index (χ1n) is 12.1. The third-order valence-corrected chi connectivity index (χ3v) is 7.60. The molecule has 0 N–H and O–H groups in total. The molecule has 4 fully saturated rings. The van der Waals surface area contributed by atoms with Crippen molar-refractivity contribution < 1.29 is 18.9 Å². The minimum absolute atomic E-state index is 0.0280. The Labute approximate surface area is 180 Å². The van der Waals surface area contributed by atoms with Crippen LogP contribution in [0.5, 0.6) is 0 Å². The van der Waals surface area contributed by atoms with Gasteiger partial charge in [-0.3, -0.25) is 0 Å². The molecule has 30 heavy (non-hydrogen) atoms. The summed E-state index contributed by atoms with van der Waals surface area (Å²) in [5.41, 5.74) is 0. The SMILES string of the molecule is N#CCC(O[C@H]1COC2C1OC[C@H]2OC(CC#N)C1CCCCC1)C1CCCCC1. The highest BCUT2D eigenvalue weighted by Crippen LogP contribution is 2.37. The second kappa shape index (κ2) is 10.9. The van der Waals surface area contributed by atoms with E-state index in [9.17, 15) is 10.5 Å². The van der Waals surface area contributed by atoms with Gasteiger partial charge in [0.15, 0.2) is 0 Å². The van der Waals surface area contributed by atoms with E-state index in [-0.39, 0.29) is 36.6 Å². The maximum Gasteiger partial charge on any atom is 0.115 e. The summed E-state index contributed by atoms with van der Waals surface area (Å²) in [5, 5.41) is 18.6. The Balaban J connectivity index is 1.34. The van der Waals surface area contributed by atoms with Crippen molar-refractivity contribution in [3.05, 3.63) is 0 Å². The van der Waals surface area contributed by atoms with Gasteiger partial charge in [-0.15, -0.1) is 0 Å². The molecule has 166 valence electrons. The smallest absolute Gasteiger partial charge is 0.115 e. The number of nitrogens with zero attached hydrogens (tertiary/aromatic N) is 2. The average molecular weight is 417 g/mol. The van der Waals surface area contributed by atoms with Gasteiger partial charge in [0, 0.05) is 0 Å². The number of ether oxygens (including phenoxy) is 4. The van der Waals surface area contributed by atoms with Crippen LogP contribution in [-0.2, 0) is 18.9 Å². The van der Waals surface area contributed by atoms with Crippen molar-refractivity contribution >= 4 is 0 Å². The van der Waals surface area contributed by atoms with Crippen molar-refractivity contribution in [1.29, 1.82) is 10.5 Å². The van der Waals surface area contributed by atoms with Crippen LogP contribution in [0.25, 0.3) is 0 Å². The Morgan fingerprint density at radius 1 is 0.667 bits per heavy atom. The van der Waals surface area contributed by atoms with Gasteiger partial charge in [-0.2, -0.15) is 10.5 Å². The van der Waals surface area contributed by atoms with E-state index in [1.165, 1.54) is 38.5 Å². The third kappa shape index (κ3) is 5.17. The molecule has 0 bridgehead atoms. The molecule has 6 heteroatoms. The molecule has 0 spiro atoms. The largest absolute Gasteiger partial charge is 0.370 e. The zero-order valence-electron chi connectivity index (χ0n) is 18.0. The summed E-state index contributed by atoms with van der Waals surface area (Å²) < 4.78 is 25.1. The van der Waals surface area contributed by atoms with Gasteiger partial charge in [0.05, 0.1) is 50.4 Å². The van der Waals surface area contributed by atoms with Crippen molar-refractivity contribution in [2.45, 2.75) is 114 Å². The lowest BCUT2D eigenvalue weighted by Crippen LogP contribution is -2.40. The first-order chi connectivity index (χ1) is 14.8. The van der Waals surface area contributed by atoms with E-state index in [0.29, 0.717) is 37.9 Å². The molecular formula is C24H36N2O4. The normalized spacial score (nSPS) is 34.7. The lowest BCUT2D eigenvalue weighted by atomic mass is 9.84. The van der Waals surface area contributed by atoms with Crippen LogP contribution in [0.1, 0.15) is 77.0 Å². The Bertz CT molecular complexity index is 564. The predicted molar refractivity (Wildman–Crippen MR) is 110 cm³/mol. The minimum atomic E-state index is -0.132. The van der Waals surface area contributed by atoms with Crippen molar-refractivity contribution in [2.75, 3.05) is 13.2 Å². The summed E-state index contributed by atoms with van der Waals surface area (Å²) in [4.78, 5) is 0. The minimum Gasteiger partial charge on any atom is -0.370 e. The highest BCUT2D eigenvalue weighted by atomic mass is 16.6. The standard InChI is InChI=1S/C24H36N2O4/c25-13-11-19(17-7-3-1-4-8-17)29-21-15-27-24-22(16-28-23(21)24)30-20(12-14-26)18-9-5-2-6-10-18/h17-24H,1-12,15-16H2/t19?,20?,21-,22+,23?,24?. The second-order valence-corrected chi connectivity index (χ2v) is 9.54. The van der Waals surface area contributed by atoms with E-state index >= 15 is 0 Å². The van der Waals surface area contributed by atoms with Crippen LogP contribution in [0.4, 0.5) is 0 Å². The number of rotatable bonds is 8. The fourth-order valence-electron chi connectivity index (χ4n) is 5.96. The molecule has 0 aromatic rings. The Kier molecular flexibility index (Phi) is 8.01. The fraction of sp³-hybridized carbons (Fsp3) is 0.917. The molecule has 2 saturated carbocycles. The molecule has 6 atom stereocenters. The molecule has 4 unspecified atom stereocenters. The Morgan fingerprint density at radius 3 is 1.43 bits per heavy atom. The monoisotopic (exact) mass is 416 g/mol. The van der Waals surface area contributed by atoms with Gasteiger partial charge in [-0.05, 0) is 37.5 Å². The van der Waals surface area contributed by atoms with E-state index in [2.05, 4.69) is 12.1 Å². The number of nitriles is 2. The molecule has 2 saturated heterocycles. The van der Waals surface area contributed by atoms with Crippen molar-refractivity contribution in [3.63, 3.8) is 0 Å². The summed E-state index contributed by atoms with van der Waals surface area (Å²) in [5.74, 6) is 0.939. The summed E-state index contributed by atoms with van der Waals surface area (Å²) in [6.45, 7) is 0.992. The molecule has 0 amide bonds. The number of hydrogen-bond donors (Lipinski definition) is 0. The summed E-state index contributed by atoms with van der Waals surface area (Å²) in [6, 6.07) is 4.64. The van der Waals surface area contributed by atoms with E-state index in [1.807, 2.05) is 0 Å². The first kappa shape index (κ1) is 22.0. The molecular weight excluding hydrogens is 380 g/mol. The summed E-state index contributed by atoms with van der Waals surface area (Å²) >= 11 is 0. The molecule has 0 aromatic heterocycles. The molecule has 4 rings (SSSR count). The van der Waals surface area contributed by atoms with E-state index in [1.54, 1.807) is 0 Å². The second-order valence-electron chi connectivity index (χ2n) is 9.54. The van der Waals surface area contributed by atoms with E-state index < -0.39 is 0 Å². The van der Waals surface area contributed by atoms with Gasteiger partial charge in [0.25, 0.3) is 0 Å². The quantitative estimate of drug-likeness (QED) is 0.587. The highest BCUT2D eigenvalue weighted by molar-refractivity contribution is 4.98. The van der Waals surface area contributed by atoms with Crippen LogP contribution < -0.4 is 0 Å². The maximum atomic E-state index is 9.31. The lowest BCUT2D eigenvalue weighted by Gasteiger charge is -2.32. The van der Waals surface area contributed by atoms with Crippen LogP contribution in [-0.4, -0.2) is 49.8 Å². The van der Waals surface area contributed by atoms with Crippen LogP contribution in [0.3, 0.4) is 0 Å². The number of hydrogen-bond acceptors (Lipinski definition) is 6. The van der Waals surface area contributed by atoms with E-state index in [0.717, 1.165) is 25.7 Å². The molecule has 0 radical (unpaired) electrons. The zero-order valence-corrected chi connectivity index (χ0v) is 18.0. The van der Waals surface area contributed by atoms with Gasteiger partial charge in [0.1, 0.15) is 24.4 Å². The van der Waals surface area contributed by atoms with Gasteiger partial charge in [-0.1, -0.05) is 38.5 Å². The van der Waals surface area contributed by atoms with Crippen molar-refractivity contribution in [3.8, 4) is 12.1 Å². The molecule has 2 aliphatic heterocycles. The van der Waals surface area contributed by atoms with Crippen LogP contribution in [0, 0.1) is 34.5 Å². The van der Waals surface area contributed by atoms with Gasteiger partial charge >= 0.3 is 0 Å². The highest BCUT2D eigenvalue weighted by Gasteiger charge is 2.50. The molecule has 2 aliphatic carbocycles. The van der Waals surface area contributed by atoms with Crippen molar-refractivity contribution in [1.82, 2.24) is 0 Å². The summed E-state index contributed by atoms with van der Waals surface area (Å²) in [7, 11) is 0. The Morgan fingerprint density at radius 2 is 1.07 bits per heavy atom. The molecule has 2 heterocycles. The van der Waals surface area contributed by atoms with Gasteiger partial charge < -0.3 is 18.9 Å².